The maximum Gasteiger partial charge on any atom is 0.212 e. The molecule has 0 aliphatic carbocycles. The Morgan fingerprint density at radius 2 is 2.04 bits per heavy atom. The van der Waals surface area contributed by atoms with Crippen LogP contribution in [0, 0.1) is 0 Å². The number of ether oxygens (including phenoxy) is 1. The molecular weight excluding hydrogens is 312 g/mol. The van der Waals surface area contributed by atoms with E-state index in [1.807, 2.05) is 36.4 Å². The number of halogens is 1. The quantitative estimate of drug-likeness (QED) is 0.630. The van der Waals surface area contributed by atoms with E-state index >= 15 is 0 Å². The number of aliphatic imine (C=N–C) groups is 1. The highest BCUT2D eigenvalue weighted by Crippen LogP contribution is 2.14. The van der Waals surface area contributed by atoms with E-state index in [-0.39, 0.29) is 0 Å². The van der Waals surface area contributed by atoms with E-state index in [9.17, 15) is 0 Å². The minimum absolute atomic E-state index is 0.607. The smallest absolute Gasteiger partial charge is 0.212 e. The summed E-state index contributed by atoms with van der Waals surface area (Å²) < 4.78 is 5.04. The Morgan fingerprint density at radius 1 is 1.22 bits per heavy atom. The molecule has 0 atom stereocenters. The Morgan fingerprint density at radius 3 is 2.70 bits per heavy atom. The van der Waals surface area contributed by atoms with E-state index in [0.717, 1.165) is 35.1 Å². The molecule has 0 aliphatic rings. The number of pyridine rings is 1. The lowest BCUT2D eigenvalue weighted by molar-refractivity contribution is 0.397. The lowest BCUT2D eigenvalue weighted by atomic mass is 10.1. The first-order valence-electron chi connectivity index (χ1n) is 7.39. The van der Waals surface area contributed by atoms with Gasteiger partial charge in [-0.1, -0.05) is 35.9 Å². The summed E-state index contributed by atoms with van der Waals surface area (Å²) in [4.78, 5) is 8.38. The largest absolute Gasteiger partial charge is 0.481 e. The van der Waals surface area contributed by atoms with E-state index in [2.05, 4.69) is 20.6 Å². The molecule has 0 radical (unpaired) electrons. The average Bonchev–Trinajstić information content (AvgIpc) is 2.60. The molecule has 1 aromatic heterocycles. The van der Waals surface area contributed by atoms with Crippen molar-refractivity contribution in [3.05, 3.63) is 58.7 Å². The van der Waals surface area contributed by atoms with Crippen LogP contribution >= 0.6 is 11.6 Å². The molecule has 2 rings (SSSR count). The third-order valence-corrected chi connectivity index (χ3v) is 3.70. The Kier molecular flexibility index (Phi) is 6.69. The van der Waals surface area contributed by atoms with Crippen molar-refractivity contribution < 1.29 is 4.74 Å². The summed E-state index contributed by atoms with van der Waals surface area (Å²) in [6, 6.07) is 11.7. The summed E-state index contributed by atoms with van der Waals surface area (Å²) in [7, 11) is 3.35. The van der Waals surface area contributed by atoms with Crippen LogP contribution in [0.15, 0.2) is 47.6 Å². The average molecular weight is 333 g/mol. The predicted octanol–water partition coefficient (Wildman–Crippen LogP) is 2.65. The van der Waals surface area contributed by atoms with Gasteiger partial charge < -0.3 is 15.4 Å². The molecule has 2 N–H and O–H groups in total. The normalized spacial score (nSPS) is 11.2. The van der Waals surface area contributed by atoms with Crippen LogP contribution in [0.3, 0.4) is 0 Å². The summed E-state index contributed by atoms with van der Waals surface area (Å²) in [6.07, 6.45) is 2.62. The van der Waals surface area contributed by atoms with Crippen LogP contribution in [0.1, 0.15) is 11.1 Å². The highest BCUT2D eigenvalue weighted by molar-refractivity contribution is 6.31. The molecule has 0 fully saturated rings. The third-order valence-electron chi connectivity index (χ3n) is 3.33. The molecule has 2 aromatic rings. The second-order valence-corrected chi connectivity index (χ2v) is 5.31. The summed E-state index contributed by atoms with van der Waals surface area (Å²) in [5, 5.41) is 7.32. The van der Waals surface area contributed by atoms with Crippen molar-refractivity contribution in [2.75, 3.05) is 20.7 Å². The monoisotopic (exact) mass is 332 g/mol. The van der Waals surface area contributed by atoms with Crippen LogP contribution in [-0.4, -0.2) is 31.6 Å². The summed E-state index contributed by atoms with van der Waals surface area (Å²) in [6.45, 7) is 1.40. The number of aromatic nitrogens is 1. The standard InChI is InChI=1S/C17H21ClN4O/c1-19-17(20-10-9-14-5-3-4-6-15(14)18)22-12-13-7-8-16(23-2)21-11-13/h3-8,11H,9-10,12H2,1-2H3,(H2,19,20,22). The van der Waals surface area contributed by atoms with Gasteiger partial charge in [0.2, 0.25) is 5.88 Å². The van der Waals surface area contributed by atoms with Gasteiger partial charge in [0.05, 0.1) is 7.11 Å². The first-order chi connectivity index (χ1) is 11.2. The lowest BCUT2D eigenvalue weighted by Gasteiger charge is -2.12. The summed E-state index contributed by atoms with van der Waals surface area (Å²) >= 11 is 6.15. The second-order valence-electron chi connectivity index (χ2n) is 4.90. The highest BCUT2D eigenvalue weighted by Gasteiger charge is 2.02. The molecule has 0 unspecified atom stereocenters. The van der Waals surface area contributed by atoms with E-state index in [0.29, 0.717) is 12.4 Å². The predicted molar refractivity (Wildman–Crippen MR) is 94.1 cm³/mol. The van der Waals surface area contributed by atoms with Crippen LogP contribution < -0.4 is 15.4 Å². The molecule has 0 amide bonds. The molecule has 23 heavy (non-hydrogen) atoms. The fraction of sp³-hybridized carbons (Fsp3) is 0.294. The van der Waals surface area contributed by atoms with E-state index in [4.69, 9.17) is 16.3 Å². The van der Waals surface area contributed by atoms with Gasteiger partial charge in [0.25, 0.3) is 0 Å². The van der Waals surface area contributed by atoms with Crippen LogP contribution in [0.25, 0.3) is 0 Å². The zero-order chi connectivity index (χ0) is 16.5. The van der Waals surface area contributed by atoms with E-state index < -0.39 is 0 Å². The Bertz CT molecular complexity index is 643. The fourth-order valence-electron chi connectivity index (χ4n) is 2.06. The van der Waals surface area contributed by atoms with E-state index in [1.54, 1.807) is 20.4 Å². The van der Waals surface area contributed by atoms with Gasteiger partial charge in [-0.25, -0.2) is 4.98 Å². The lowest BCUT2D eigenvalue weighted by Crippen LogP contribution is -2.37. The summed E-state index contributed by atoms with van der Waals surface area (Å²) in [5.41, 5.74) is 2.18. The molecule has 1 aromatic carbocycles. The number of benzene rings is 1. The van der Waals surface area contributed by atoms with Crippen LogP contribution in [0.2, 0.25) is 5.02 Å². The number of rotatable bonds is 6. The van der Waals surface area contributed by atoms with Gasteiger partial charge >= 0.3 is 0 Å². The van der Waals surface area contributed by atoms with Gasteiger partial charge in [0, 0.05) is 37.4 Å². The van der Waals surface area contributed by atoms with Gasteiger partial charge in [-0.15, -0.1) is 0 Å². The zero-order valence-corrected chi connectivity index (χ0v) is 14.1. The number of methoxy groups -OCH3 is 1. The van der Waals surface area contributed by atoms with Gasteiger partial charge in [-0.3, -0.25) is 4.99 Å². The molecule has 122 valence electrons. The maximum atomic E-state index is 6.15. The number of guanidine groups is 1. The van der Waals surface area contributed by atoms with Crippen molar-refractivity contribution in [2.45, 2.75) is 13.0 Å². The Labute approximate surface area is 141 Å². The van der Waals surface area contributed by atoms with Crippen molar-refractivity contribution in [1.29, 1.82) is 0 Å². The number of hydrogen-bond acceptors (Lipinski definition) is 3. The summed E-state index contributed by atoms with van der Waals surface area (Å²) in [5.74, 6) is 1.35. The van der Waals surface area contributed by atoms with Crippen molar-refractivity contribution in [2.24, 2.45) is 4.99 Å². The maximum absolute atomic E-state index is 6.15. The van der Waals surface area contributed by atoms with Gasteiger partial charge in [-0.05, 0) is 23.6 Å². The first-order valence-corrected chi connectivity index (χ1v) is 7.77. The van der Waals surface area contributed by atoms with Crippen molar-refractivity contribution in [1.82, 2.24) is 15.6 Å². The van der Waals surface area contributed by atoms with Crippen LogP contribution in [0.5, 0.6) is 5.88 Å². The van der Waals surface area contributed by atoms with E-state index in [1.165, 1.54) is 0 Å². The first kappa shape index (κ1) is 17.1. The Balaban J connectivity index is 1.78. The molecular formula is C17H21ClN4O. The van der Waals surface area contributed by atoms with Gasteiger partial charge in [0.1, 0.15) is 0 Å². The second kappa shape index (κ2) is 9.00. The number of nitrogens with zero attached hydrogens (tertiary/aromatic N) is 2. The van der Waals surface area contributed by atoms with Gasteiger partial charge in [0.15, 0.2) is 5.96 Å². The number of nitrogens with one attached hydrogen (secondary N) is 2. The molecule has 0 saturated heterocycles. The number of hydrogen-bond donors (Lipinski definition) is 2. The molecule has 6 heteroatoms. The fourth-order valence-corrected chi connectivity index (χ4v) is 2.29. The topological polar surface area (TPSA) is 58.5 Å². The van der Waals surface area contributed by atoms with Crippen LogP contribution in [-0.2, 0) is 13.0 Å². The minimum atomic E-state index is 0.607. The van der Waals surface area contributed by atoms with Crippen molar-refractivity contribution >= 4 is 17.6 Å². The SMILES string of the molecule is CN=C(NCCc1ccccc1Cl)NCc1ccc(OC)nc1. The zero-order valence-electron chi connectivity index (χ0n) is 13.3. The van der Waals surface area contributed by atoms with Crippen molar-refractivity contribution in [3.63, 3.8) is 0 Å². The molecule has 0 bridgehead atoms. The molecule has 0 saturated carbocycles. The Hall–Kier alpha value is -2.27. The molecule has 1 heterocycles. The van der Waals surface area contributed by atoms with Gasteiger partial charge in [-0.2, -0.15) is 0 Å². The van der Waals surface area contributed by atoms with Crippen molar-refractivity contribution in [3.8, 4) is 5.88 Å². The van der Waals surface area contributed by atoms with Crippen LogP contribution in [0.4, 0.5) is 0 Å². The molecule has 5 nitrogen and oxygen atoms in total. The molecule has 0 aliphatic heterocycles. The molecule has 0 spiro atoms. The minimum Gasteiger partial charge on any atom is -0.481 e. The highest BCUT2D eigenvalue weighted by atomic mass is 35.5. The third kappa shape index (κ3) is 5.45.